The number of hydrogen-bond acceptors (Lipinski definition) is 6. The molecule has 1 atom stereocenters. The second-order valence-electron chi connectivity index (χ2n) is 7.19. The SMILES string of the molecule is CN1C(=O)c2c(ncn2CCCC(=O)Nc2ccc(-c3cccs3)cc2)N(C)C1O. The highest BCUT2D eigenvalue weighted by Crippen LogP contribution is 2.27. The number of thiophene rings is 1. The van der Waals surface area contributed by atoms with Crippen molar-refractivity contribution in [3.8, 4) is 10.4 Å². The van der Waals surface area contributed by atoms with Gasteiger partial charge in [0.25, 0.3) is 5.91 Å². The fraction of sp³-hybridized carbons (Fsp3) is 0.286. The molecule has 156 valence electrons. The summed E-state index contributed by atoms with van der Waals surface area (Å²) in [6.45, 7) is 0.483. The molecule has 1 unspecified atom stereocenters. The van der Waals surface area contributed by atoms with Crippen LogP contribution in [0.3, 0.4) is 0 Å². The Morgan fingerprint density at radius 2 is 1.97 bits per heavy atom. The Morgan fingerprint density at radius 3 is 2.67 bits per heavy atom. The number of nitrogens with one attached hydrogen (secondary N) is 1. The lowest BCUT2D eigenvalue weighted by molar-refractivity contribution is -0.116. The largest absolute Gasteiger partial charge is 0.356 e. The topological polar surface area (TPSA) is 90.7 Å². The van der Waals surface area contributed by atoms with E-state index in [4.69, 9.17) is 0 Å². The molecular formula is C21H23N5O3S. The van der Waals surface area contributed by atoms with Crippen LogP contribution in [0.15, 0.2) is 48.1 Å². The summed E-state index contributed by atoms with van der Waals surface area (Å²) >= 11 is 1.68. The molecule has 0 saturated carbocycles. The molecule has 0 aliphatic carbocycles. The summed E-state index contributed by atoms with van der Waals surface area (Å²) in [5, 5.41) is 15.0. The van der Waals surface area contributed by atoms with E-state index in [0.717, 1.165) is 11.3 Å². The Balaban J connectivity index is 1.33. The zero-order chi connectivity index (χ0) is 21.3. The van der Waals surface area contributed by atoms with Gasteiger partial charge in [0, 0.05) is 37.6 Å². The van der Waals surface area contributed by atoms with Crippen LogP contribution in [0.1, 0.15) is 23.3 Å². The highest BCUT2D eigenvalue weighted by molar-refractivity contribution is 7.13. The summed E-state index contributed by atoms with van der Waals surface area (Å²) < 4.78 is 1.74. The molecule has 2 amide bonds. The Morgan fingerprint density at radius 1 is 1.20 bits per heavy atom. The average Bonchev–Trinajstić information content (AvgIpc) is 3.42. The predicted octanol–water partition coefficient (Wildman–Crippen LogP) is 2.83. The molecule has 0 fully saturated rings. The molecule has 1 aromatic carbocycles. The molecule has 1 aliphatic rings. The van der Waals surface area contributed by atoms with Crippen molar-refractivity contribution in [2.75, 3.05) is 24.3 Å². The molecule has 8 nitrogen and oxygen atoms in total. The Labute approximate surface area is 178 Å². The lowest BCUT2D eigenvalue weighted by Gasteiger charge is -2.36. The van der Waals surface area contributed by atoms with E-state index < -0.39 is 6.35 Å². The fourth-order valence-electron chi connectivity index (χ4n) is 3.45. The molecule has 9 heteroatoms. The van der Waals surface area contributed by atoms with Gasteiger partial charge in [-0.3, -0.25) is 14.5 Å². The van der Waals surface area contributed by atoms with Gasteiger partial charge >= 0.3 is 0 Å². The first-order valence-electron chi connectivity index (χ1n) is 9.62. The summed E-state index contributed by atoms with van der Waals surface area (Å²) in [6, 6.07) is 11.9. The third kappa shape index (κ3) is 3.81. The molecule has 0 spiro atoms. The van der Waals surface area contributed by atoms with Gasteiger partial charge in [-0.05, 0) is 35.6 Å². The van der Waals surface area contributed by atoms with Crippen LogP contribution in [0.5, 0.6) is 0 Å². The molecule has 3 aromatic rings. The maximum atomic E-state index is 12.5. The maximum absolute atomic E-state index is 12.5. The number of amides is 2. The predicted molar refractivity (Wildman–Crippen MR) is 116 cm³/mol. The number of rotatable bonds is 6. The van der Waals surface area contributed by atoms with Crippen molar-refractivity contribution in [2.45, 2.75) is 25.7 Å². The van der Waals surface area contributed by atoms with Gasteiger partial charge in [-0.1, -0.05) is 18.2 Å². The number of carbonyl (C=O) groups is 2. The van der Waals surface area contributed by atoms with Crippen molar-refractivity contribution in [3.05, 3.63) is 53.8 Å². The van der Waals surface area contributed by atoms with Crippen molar-refractivity contribution in [3.63, 3.8) is 0 Å². The second kappa shape index (κ2) is 8.29. The highest BCUT2D eigenvalue weighted by Gasteiger charge is 2.36. The van der Waals surface area contributed by atoms with Crippen LogP contribution in [0.4, 0.5) is 11.5 Å². The standard InChI is InChI=1S/C21H23N5O3S/c1-24-19-18(20(28)25(2)21(24)29)26(13-22-19)11-3-6-17(27)23-15-9-7-14(8-10-15)16-5-4-12-30-16/h4-5,7-10,12-13,21,29H,3,6,11H2,1-2H3,(H,23,27). The van der Waals surface area contributed by atoms with Gasteiger partial charge in [0.1, 0.15) is 0 Å². The molecule has 1 aliphatic heterocycles. The van der Waals surface area contributed by atoms with Gasteiger partial charge in [-0.2, -0.15) is 0 Å². The number of aromatic nitrogens is 2. The minimum absolute atomic E-state index is 0.0798. The van der Waals surface area contributed by atoms with Gasteiger partial charge < -0.3 is 19.9 Å². The van der Waals surface area contributed by atoms with Crippen molar-refractivity contribution in [2.24, 2.45) is 0 Å². The first kappa shape index (κ1) is 20.1. The quantitative estimate of drug-likeness (QED) is 0.634. The van der Waals surface area contributed by atoms with E-state index in [2.05, 4.69) is 16.4 Å². The monoisotopic (exact) mass is 425 g/mol. The number of aliphatic hydroxyl groups is 1. The fourth-order valence-corrected chi connectivity index (χ4v) is 4.19. The second-order valence-corrected chi connectivity index (χ2v) is 8.14. The lowest BCUT2D eigenvalue weighted by atomic mass is 10.1. The zero-order valence-electron chi connectivity index (χ0n) is 16.8. The van der Waals surface area contributed by atoms with E-state index in [9.17, 15) is 14.7 Å². The van der Waals surface area contributed by atoms with Gasteiger partial charge in [-0.25, -0.2) is 4.98 Å². The first-order chi connectivity index (χ1) is 14.5. The molecule has 3 heterocycles. The van der Waals surface area contributed by atoms with E-state index >= 15 is 0 Å². The number of aliphatic hydroxyl groups excluding tert-OH is 1. The molecule has 2 N–H and O–H groups in total. The summed E-state index contributed by atoms with van der Waals surface area (Å²) in [4.78, 5) is 33.0. The number of benzene rings is 1. The van der Waals surface area contributed by atoms with E-state index in [1.54, 1.807) is 41.2 Å². The third-order valence-corrected chi connectivity index (χ3v) is 6.06. The van der Waals surface area contributed by atoms with Gasteiger partial charge in [-0.15, -0.1) is 11.3 Å². The number of carbonyl (C=O) groups excluding carboxylic acids is 2. The molecule has 0 saturated heterocycles. The van der Waals surface area contributed by atoms with Gasteiger partial charge in [0.15, 0.2) is 11.5 Å². The summed E-state index contributed by atoms with van der Waals surface area (Å²) in [6.07, 6.45) is 1.42. The Bertz CT molecular complexity index is 1050. The van der Waals surface area contributed by atoms with Crippen LogP contribution in [0.2, 0.25) is 0 Å². The van der Waals surface area contributed by atoms with Crippen molar-refractivity contribution < 1.29 is 14.7 Å². The van der Waals surface area contributed by atoms with Crippen LogP contribution in [0, 0.1) is 0 Å². The van der Waals surface area contributed by atoms with E-state index in [1.807, 2.05) is 35.7 Å². The molecular weight excluding hydrogens is 402 g/mol. The first-order valence-corrected chi connectivity index (χ1v) is 10.5. The lowest BCUT2D eigenvalue weighted by Crippen LogP contribution is -2.52. The van der Waals surface area contributed by atoms with Crippen molar-refractivity contribution in [1.29, 1.82) is 0 Å². The summed E-state index contributed by atoms with van der Waals surface area (Å²) in [7, 11) is 3.22. The van der Waals surface area contributed by atoms with E-state index in [0.29, 0.717) is 30.9 Å². The van der Waals surface area contributed by atoms with Crippen LogP contribution >= 0.6 is 11.3 Å². The van der Waals surface area contributed by atoms with Crippen molar-refractivity contribution in [1.82, 2.24) is 14.5 Å². The smallest absolute Gasteiger partial charge is 0.277 e. The Hall–Kier alpha value is -3.17. The molecule has 0 bridgehead atoms. The molecule has 2 aromatic heterocycles. The molecule has 0 radical (unpaired) electrons. The van der Waals surface area contributed by atoms with E-state index in [1.165, 1.54) is 9.78 Å². The van der Waals surface area contributed by atoms with Crippen LogP contribution in [0.25, 0.3) is 10.4 Å². The maximum Gasteiger partial charge on any atom is 0.277 e. The number of nitrogens with zero attached hydrogens (tertiary/aromatic N) is 4. The number of imidazole rings is 1. The summed E-state index contributed by atoms with van der Waals surface area (Å²) in [5.74, 6) is 0.0769. The normalized spacial score (nSPS) is 16.0. The van der Waals surface area contributed by atoms with E-state index in [-0.39, 0.29) is 11.8 Å². The zero-order valence-corrected chi connectivity index (χ0v) is 17.6. The van der Waals surface area contributed by atoms with Crippen LogP contribution in [-0.4, -0.2) is 51.8 Å². The number of aryl methyl sites for hydroxylation is 1. The van der Waals surface area contributed by atoms with Gasteiger partial charge in [0.2, 0.25) is 12.3 Å². The van der Waals surface area contributed by atoms with Crippen molar-refractivity contribution >= 4 is 34.7 Å². The third-order valence-electron chi connectivity index (χ3n) is 5.15. The number of hydrogen-bond donors (Lipinski definition) is 2. The van der Waals surface area contributed by atoms with Crippen LogP contribution in [-0.2, 0) is 11.3 Å². The molecule has 30 heavy (non-hydrogen) atoms. The van der Waals surface area contributed by atoms with Crippen LogP contribution < -0.4 is 10.2 Å². The number of anilines is 2. The highest BCUT2D eigenvalue weighted by atomic mass is 32.1. The summed E-state index contributed by atoms with van der Waals surface area (Å²) in [5.41, 5.74) is 2.31. The van der Waals surface area contributed by atoms with Gasteiger partial charge in [0.05, 0.1) is 6.33 Å². The number of fused-ring (bicyclic) bond motifs is 1. The average molecular weight is 426 g/mol. The minimum Gasteiger partial charge on any atom is -0.356 e. The molecule has 4 rings (SSSR count). The minimum atomic E-state index is -1.04. The Kier molecular flexibility index (Phi) is 5.56.